The van der Waals surface area contributed by atoms with Crippen LogP contribution in [0.25, 0.3) is 16.8 Å². The Labute approximate surface area is 160 Å². The highest BCUT2D eigenvalue weighted by molar-refractivity contribution is 6.28. The summed E-state index contributed by atoms with van der Waals surface area (Å²) in [5, 5.41) is 21.1. The van der Waals surface area contributed by atoms with Gasteiger partial charge in [0.05, 0.1) is 11.8 Å². The molecule has 0 aliphatic carbocycles. The van der Waals surface area contributed by atoms with Crippen molar-refractivity contribution in [3.63, 3.8) is 0 Å². The number of fused-ring (bicyclic) bond motifs is 1. The molecule has 3 heterocycles. The lowest BCUT2D eigenvalue weighted by atomic mass is 10.0. The lowest BCUT2D eigenvalue weighted by Gasteiger charge is -2.14. The summed E-state index contributed by atoms with van der Waals surface area (Å²) in [5.41, 5.74) is 0.0989. The molecule has 7 nitrogen and oxygen atoms in total. The number of halogens is 4. The monoisotopic (exact) mass is 407 g/mol. The first-order valence-electron chi connectivity index (χ1n) is 7.73. The molecule has 1 N–H and O–H groups in total. The van der Waals surface area contributed by atoms with Crippen LogP contribution in [0.1, 0.15) is 5.56 Å². The van der Waals surface area contributed by atoms with Crippen LogP contribution in [0.4, 0.5) is 13.2 Å². The Morgan fingerprint density at radius 2 is 1.86 bits per heavy atom. The standard InChI is InChI=1S/C17H9ClF3N5O2/c18-16-24-23-14-3-4-15(25-26(14)16)28-13-6-10(17(19,20)21)1-2-12(13)9-5-11(27)8-22-7-9/h1-8,27H. The molecule has 0 amide bonds. The first-order valence-corrected chi connectivity index (χ1v) is 8.10. The summed E-state index contributed by atoms with van der Waals surface area (Å²) in [6, 6.07) is 7.28. The van der Waals surface area contributed by atoms with Crippen molar-refractivity contribution in [2.75, 3.05) is 0 Å². The smallest absolute Gasteiger partial charge is 0.416 e. The molecule has 0 saturated carbocycles. The van der Waals surface area contributed by atoms with Gasteiger partial charge >= 0.3 is 6.18 Å². The molecule has 0 spiro atoms. The summed E-state index contributed by atoms with van der Waals surface area (Å²) in [7, 11) is 0. The van der Waals surface area contributed by atoms with Crippen LogP contribution in [0, 0.1) is 0 Å². The van der Waals surface area contributed by atoms with E-state index in [0.717, 1.165) is 12.1 Å². The summed E-state index contributed by atoms with van der Waals surface area (Å²) < 4.78 is 46.3. The molecule has 4 rings (SSSR count). The molecule has 11 heteroatoms. The van der Waals surface area contributed by atoms with Crippen LogP contribution < -0.4 is 4.74 Å². The van der Waals surface area contributed by atoms with Gasteiger partial charge in [-0.05, 0) is 41.9 Å². The van der Waals surface area contributed by atoms with E-state index in [1.165, 1.54) is 41.2 Å². The molecule has 0 bridgehead atoms. The zero-order valence-electron chi connectivity index (χ0n) is 13.7. The Morgan fingerprint density at radius 3 is 2.61 bits per heavy atom. The molecule has 0 radical (unpaired) electrons. The second-order valence-electron chi connectivity index (χ2n) is 5.65. The van der Waals surface area contributed by atoms with E-state index in [4.69, 9.17) is 16.3 Å². The van der Waals surface area contributed by atoms with Crippen molar-refractivity contribution in [3.8, 4) is 28.5 Å². The number of rotatable bonds is 3. The molecule has 0 fully saturated rings. The van der Waals surface area contributed by atoms with Crippen molar-refractivity contribution in [1.29, 1.82) is 0 Å². The van der Waals surface area contributed by atoms with Crippen LogP contribution in [0.5, 0.6) is 17.4 Å². The van der Waals surface area contributed by atoms with Gasteiger partial charge in [-0.3, -0.25) is 4.98 Å². The van der Waals surface area contributed by atoms with E-state index in [0.29, 0.717) is 11.2 Å². The van der Waals surface area contributed by atoms with E-state index in [2.05, 4.69) is 20.3 Å². The van der Waals surface area contributed by atoms with Gasteiger partial charge in [0.1, 0.15) is 11.5 Å². The quantitative estimate of drug-likeness (QED) is 0.543. The Morgan fingerprint density at radius 1 is 1.04 bits per heavy atom. The van der Waals surface area contributed by atoms with E-state index in [9.17, 15) is 18.3 Å². The lowest BCUT2D eigenvalue weighted by molar-refractivity contribution is -0.137. The van der Waals surface area contributed by atoms with Crippen molar-refractivity contribution in [2.45, 2.75) is 6.18 Å². The number of aromatic nitrogens is 5. The molecule has 0 atom stereocenters. The number of benzene rings is 1. The predicted octanol–water partition coefficient (Wildman–Crippen LogP) is 4.36. The molecule has 142 valence electrons. The van der Waals surface area contributed by atoms with Crippen molar-refractivity contribution in [3.05, 3.63) is 59.6 Å². The van der Waals surface area contributed by atoms with E-state index in [1.54, 1.807) is 0 Å². The van der Waals surface area contributed by atoms with E-state index >= 15 is 0 Å². The number of nitrogens with zero attached hydrogens (tertiary/aromatic N) is 5. The van der Waals surface area contributed by atoms with Crippen LogP contribution >= 0.6 is 11.6 Å². The third-order valence-corrected chi connectivity index (χ3v) is 3.99. The first-order chi connectivity index (χ1) is 13.3. The van der Waals surface area contributed by atoms with Crippen molar-refractivity contribution < 1.29 is 23.0 Å². The van der Waals surface area contributed by atoms with Crippen LogP contribution in [0.3, 0.4) is 0 Å². The molecule has 1 aromatic carbocycles. The molecular weight excluding hydrogens is 399 g/mol. The predicted molar refractivity (Wildman–Crippen MR) is 92.2 cm³/mol. The molecule has 0 saturated heterocycles. The average Bonchev–Trinajstić information content (AvgIpc) is 3.01. The summed E-state index contributed by atoms with van der Waals surface area (Å²) in [5.74, 6) is -0.291. The van der Waals surface area contributed by atoms with Crippen LogP contribution in [-0.2, 0) is 6.18 Å². The fourth-order valence-electron chi connectivity index (χ4n) is 2.51. The van der Waals surface area contributed by atoms with Gasteiger partial charge in [0.2, 0.25) is 11.2 Å². The first kappa shape index (κ1) is 18.0. The maximum atomic E-state index is 13.2. The van der Waals surface area contributed by atoms with Crippen LogP contribution in [-0.4, -0.2) is 29.9 Å². The van der Waals surface area contributed by atoms with Gasteiger partial charge in [-0.25, -0.2) is 0 Å². The maximum absolute atomic E-state index is 13.2. The molecule has 3 aromatic heterocycles. The zero-order valence-corrected chi connectivity index (χ0v) is 14.5. The third-order valence-electron chi connectivity index (χ3n) is 3.76. The average molecular weight is 408 g/mol. The Balaban J connectivity index is 1.83. The summed E-state index contributed by atoms with van der Waals surface area (Å²) in [6.45, 7) is 0. The number of alkyl halides is 3. The van der Waals surface area contributed by atoms with Crippen molar-refractivity contribution in [2.24, 2.45) is 0 Å². The van der Waals surface area contributed by atoms with Gasteiger partial charge in [0, 0.05) is 23.4 Å². The highest BCUT2D eigenvalue weighted by Gasteiger charge is 2.31. The van der Waals surface area contributed by atoms with Gasteiger partial charge in [0.25, 0.3) is 0 Å². The van der Waals surface area contributed by atoms with Crippen molar-refractivity contribution >= 4 is 17.2 Å². The molecule has 0 aliphatic heterocycles. The molecule has 0 unspecified atom stereocenters. The fraction of sp³-hybridized carbons (Fsp3) is 0.0588. The number of aromatic hydroxyl groups is 1. The Hall–Kier alpha value is -3.40. The number of hydrogen-bond acceptors (Lipinski definition) is 6. The SMILES string of the molecule is Oc1cncc(-c2ccc(C(F)(F)F)cc2Oc2ccc3nnc(Cl)n3n2)c1. The van der Waals surface area contributed by atoms with Crippen LogP contribution in [0.2, 0.25) is 5.28 Å². The summed E-state index contributed by atoms with van der Waals surface area (Å²) in [4.78, 5) is 3.84. The minimum atomic E-state index is -4.57. The minimum Gasteiger partial charge on any atom is -0.506 e. The van der Waals surface area contributed by atoms with Gasteiger partial charge in [0.15, 0.2) is 5.65 Å². The second kappa shape index (κ2) is 6.64. The second-order valence-corrected chi connectivity index (χ2v) is 5.99. The molecule has 28 heavy (non-hydrogen) atoms. The van der Waals surface area contributed by atoms with Crippen LogP contribution in [0.15, 0.2) is 48.8 Å². The number of ether oxygens (including phenoxy) is 1. The summed E-state index contributed by atoms with van der Waals surface area (Å²) in [6.07, 6.45) is -1.97. The van der Waals surface area contributed by atoms with E-state index < -0.39 is 11.7 Å². The van der Waals surface area contributed by atoms with Gasteiger partial charge in [-0.15, -0.1) is 15.3 Å². The van der Waals surface area contributed by atoms with Gasteiger partial charge < -0.3 is 9.84 Å². The Bertz CT molecular complexity index is 1180. The normalized spacial score (nSPS) is 11.7. The van der Waals surface area contributed by atoms with Gasteiger partial charge in [-0.2, -0.15) is 17.7 Å². The maximum Gasteiger partial charge on any atom is 0.416 e. The van der Waals surface area contributed by atoms with Gasteiger partial charge in [-0.1, -0.05) is 0 Å². The Kier molecular flexibility index (Phi) is 4.27. The van der Waals surface area contributed by atoms with E-state index in [-0.39, 0.29) is 28.2 Å². The highest BCUT2D eigenvalue weighted by atomic mass is 35.5. The van der Waals surface area contributed by atoms with Crippen molar-refractivity contribution in [1.82, 2.24) is 24.8 Å². The molecule has 4 aromatic rings. The largest absolute Gasteiger partial charge is 0.506 e. The number of hydrogen-bond donors (Lipinski definition) is 1. The topological polar surface area (TPSA) is 85.4 Å². The summed E-state index contributed by atoms with van der Waals surface area (Å²) >= 11 is 5.86. The number of pyridine rings is 1. The minimum absolute atomic E-state index is 0.0251. The fourth-order valence-corrected chi connectivity index (χ4v) is 2.67. The highest BCUT2D eigenvalue weighted by Crippen LogP contribution is 2.39. The molecule has 0 aliphatic rings. The lowest BCUT2D eigenvalue weighted by Crippen LogP contribution is -2.05. The zero-order chi connectivity index (χ0) is 19.9. The third kappa shape index (κ3) is 3.41. The molecular formula is C17H9ClF3N5O2. The van der Waals surface area contributed by atoms with E-state index in [1.807, 2.05) is 0 Å².